The highest BCUT2D eigenvalue weighted by Crippen LogP contribution is 2.35. The first kappa shape index (κ1) is 14.6. The van der Waals surface area contributed by atoms with Crippen molar-refractivity contribution in [3.05, 3.63) is 28.0 Å². The highest BCUT2D eigenvalue weighted by molar-refractivity contribution is 6.34. The molecule has 0 atom stereocenters. The third-order valence-electron chi connectivity index (χ3n) is 1.89. The molecule has 0 bridgehead atoms. The molecule has 0 saturated heterocycles. The van der Waals surface area contributed by atoms with Crippen LogP contribution in [0.5, 0.6) is 0 Å². The molecule has 0 saturated carbocycles. The molecule has 0 aromatic carbocycles. The number of carbonyl (C=O) groups is 1. The molecule has 100 valence electrons. The second kappa shape index (κ2) is 5.05. The van der Waals surface area contributed by atoms with E-state index in [9.17, 15) is 26.7 Å². The molecule has 1 heterocycles. The summed E-state index contributed by atoms with van der Waals surface area (Å²) in [6.45, 7) is 0. The van der Waals surface area contributed by atoms with Crippen LogP contribution >= 0.6 is 11.6 Å². The Morgan fingerprint density at radius 3 is 2.39 bits per heavy atom. The number of pyridine rings is 1. The number of rotatable bonds is 2. The maximum Gasteiger partial charge on any atom is 0.433 e. The Hall–Kier alpha value is -1.44. The van der Waals surface area contributed by atoms with Crippen molar-refractivity contribution in [3.63, 3.8) is 0 Å². The van der Waals surface area contributed by atoms with Gasteiger partial charge in [0.2, 0.25) is 0 Å². The van der Waals surface area contributed by atoms with Crippen LogP contribution < -0.4 is 0 Å². The van der Waals surface area contributed by atoms with Crippen LogP contribution in [0.15, 0.2) is 6.07 Å². The lowest BCUT2D eigenvalue weighted by atomic mass is 10.2. The Balaban J connectivity index is 3.52. The van der Waals surface area contributed by atoms with E-state index in [1.54, 1.807) is 0 Å². The number of carbonyl (C=O) groups excluding carboxylic acids is 1. The van der Waals surface area contributed by atoms with E-state index in [0.717, 1.165) is 7.11 Å². The van der Waals surface area contributed by atoms with E-state index in [0.29, 0.717) is 0 Å². The zero-order valence-corrected chi connectivity index (χ0v) is 9.44. The van der Waals surface area contributed by atoms with Gasteiger partial charge in [0, 0.05) is 5.56 Å². The van der Waals surface area contributed by atoms with Crippen LogP contribution in [0.25, 0.3) is 0 Å². The molecule has 0 aliphatic rings. The van der Waals surface area contributed by atoms with Crippen molar-refractivity contribution in [1.82, 2.24) is 4.98 Å². The monoisotopic (exact) mass is 289 g/mol. The van der Waals surface area contributed by atoms with Gasteiger partial charge in [0.25, 0.3) is 6.43 Å². The summed E-state index contributed by atoms with van der Waals surface area (Å²) in [5, 5.41) is -0.857. The Morgan fingerprint density at radius 2 is 2.00 bits per heavy atom. The maximum atomic E-state index is 12.5. The van der Waals surface area contributed by atoms with Crippen molar-refractivity contribution < 1.29 is 31.5 Å². The zero-order chi connectivity index (χ0) is 14.1. The van der Waals surface area contributed by atoms with Gasteiger partial charge in [-0.05, 0) is 6.07 Å². The number of esters is 1. The fourth-order valence-electron chi connectivity index (χ4n) is 1.09. The molecule has 0 radical (unpaired) electrons. The van der Waals surface area contributed by atoms with E-state index in [2.05, 4.69) is 9.72 Å². The van der Waals surface area contributed by atoms with Crippen molar-refractivity contribution in [2.45, 2.75) is 12.6 Å². The molecular weight excluding hydrogens is 285 g/mol. The van der Waals surface area contributed by atoms with Crippen LogP contribution in [0, 0.1) is 0 Å². The molecule has 0 aliphatic carbocycles. The van der Waals surface area contributed by atoms with E-state index < -0.39 is 40.5 Å². The minimum atomic E-state index is -4.98. The number of methoxy groups -OCH3 is 1. The fraction of sp³-hybridized carbons (Fsp3) is 0.333. The average molecular weight is 290 g/mol. The van der Waals surface area contributed by atoms with Crippen molar-refractivity contribution in [3.8, 4) is 0 Å². The van der Waals surface area contributed by atoms with Crippen molar-refractivity contribution in [1.29, 1.82) is 0 Å². The molecular formula is C9H5ClF5NO2. The quantitative estimate of drug-likeness (QED) is 0.618. The predicted octanol–water partition coefficient (Wildman–Crippen LogP) is 3.48. The molecule has 1 rings (SSSR count). The van der Waals surface area contributed by atoms with Gasteiger partial charge in [0.05, 0.1) is 12.1 Å². The maximum absolute atomic E-state index is 12.5. The van der Waals surface area contributed by atoms with Crippen molar-refractivity contribution >= 4 is 17.6 Å². The second-order valence-corrected chi connectivity index (χ2v) is 3.43. The first-order chi connectivity index (χ1) is 8.18. The van der Waals surface area contributed by atoms with E-state index in [1.165, 1.54) is 0 Å². The van der Waals surface area contributed by atoms with Gasteiger partial charge in [-0.1, -0.05) is 11.6 Å². The first-order valence-electron chi connectivity index (χ1n) is 4.32. The summed E-state index contributed by atoms with van der Waals surface area (Å²) >= 11 is 5.39. The minimum absolute atomic E-state index is 0.0967. The van der Waals surface area contributed by atoms with Gasteiger partial charge < -0.3 is 4.74 Å². The molecule has 0 aliphatic heterocycles. The summed E-state index contributed by atoms with van der Waals surface area (Å²) in [5.74, 6) is -1.33. The first-order valence-corrected chi connectivity index (χ1v) is 4.70. The standard InChI is InChI=1S/C9H5ClF5NO2/c1-18-8(17)6-5(10)3(7(11)12)2-4(16-6)9(13,14)15/h2,7H,1H3. The lowest BCUT2D eigenvalue weighted by Gasteiger charge is -2.12. The summed E-state index contributed by atoms with van der Waals surface area (Å²) in [7, 11) is 0.864. The molecule has 0 amide bonds. The number of alkyl halides is 5. The molecule has 9 heteroatoms. The van der Waals surface area contributed by atoms with E-state index in [-0.39, 0.29) is 6.07 Å². The largest absolute Gasteiger partial charge is 0.464 e. The van der Waals surface area contributed by atoms with Gasteiger partial charge in [-0.15, -0.1) is 0 Å². The van der Waals surface area contributed by atoms with Crippen LogP contribution in [0.1, 0.15) is 28.2 Å². The van der Waals surface area contributed by atoms with E-state index in [1.807, 2.05) is 0 Å². The molecule has 0 N–H and O–H groups in total. The summed E-state index contributed by atoms with van der Waals surface area (Å²) in [6.07, 6.45) is -8.25. The molecule has 0 unspecified atom stereocenters. The Morgan fingerprint density at radius 1 is 1.44 bits per heavy atom. The highest BCUT2D eigenvalue weighted by Gasteiger charge is 2.36. The lowest BCUT2D eigenvalue weighted by Crippen LogP contribution is -2.15. The van der Waals surface area contributed by atoms with E-state index in [4.69, 9.17) is 11.6 Å². The number of nitrogens with zero attached hydrogens (tertiary/aromatic N) is 1. The van der Waals surface area contributed by atoms with Gasteiger partial charge in [-0.2, -0.15) is 13.2 Å². The number of hydrogen-bond donors (Lipinski definition) is 0. The zero-order valence-electron chi connectivity index (χ0n) is 8.69. The summed E-state index contributed by atoms with van der Waals surface area (Å²) in [4.78, 5) is 14.0. The molecule has 0 spiro atoms. The van der Waals surface area contributed by atoms with Gasteiger partial charge >= 0.3 is 12.1 Å². The third kappa shape index (κ3) is 2.87. The summed E-state index contributed by atoms with van der Waals surface area (Å²) < 4.78 is 66.4. The summed E-state index contributed by atoms with van der Waals surface area (Å²) in [6, 6.07) is 0.0967. The molecule has 0 fully saturated rings. The fourth-order valence-corrected chi connectivity index (χ4v) is 1.34. The third-order valence-corrected chi connectivity index (χ3v) is 2.29. The number of hydrogen-bond acceptors (Lipinski definition) is 3. The van der Waals surface area contributed by atoms with Crippen molar-refractivity contribution in [2.75, 3.05) is 7.11 Å². The molecule has 3 nitrogen and oxygen atoms in total. The van der Waals surface area contributed by atoms with Crippen LogP contribution in [0.4, 0.5) is 22.0 Å². The average Bonchev–Trinajstić information content (AvgIpc) is 2.26. The van der Waals surface area contributed by atoms with Crippen LogP contribution in [-0.2, 0) is 10.9 Å². The summed E-state index contributed by atoms with van der Waals surface area (Å²) in [5.41, 5.74) is -3.76. The molecule has 1 aromatic rings. The Labute approximate surface area is 103 Å². The van der Waals surface area contributed by atoms with Gasteiger partial charge in [-0.25, -0.2) is 18.6 Å². The van der Waals surface area contributed by atoms with Crippen LogP contribution in [0.3, 0.4) is 0 Å². The predicted molar refractivity (Wildman–Crippen MR) is 50.5 cm³/mol. The number of ether oxygens (including phenoxy) is 1. The topological polar surface area (TPSA) is 39.2 Å². The van der Waals surface area contributed by atoms with Gasteiger partial charge in [-0.3, -0.25) is 0 Å². The smallest absolute Gasteiger partial charge is 0.433 e. The Bertz CT molecular complexity index is 475. The van der Waals surface area contributed by atoms with E-state index >= 15 is 0 Å². The molecule has 18 heavy (non-hydrogen) atoms. The number of aromatic nitrogens is 1. The normalized spacial score (nSPS) is 11.8. The van der Waals surface area contributed by atoms with Gasteiger partial charge in [0.15, 0.2) is 5.69 Å². The minimum Gasteiger partial charge on any atom is -0.464 e. The van der Waals surface area contributed by atoms with Crippen LogP contribution in [-0.4, -0.2) is 18.1 Å². The number of halogens is 6. The molecule has 1 aromatic heterocycles. The van der Waals surface area contributed by atoms with Crippen molar-refractivity contribution in [2.24, 2.45) is 0 Å². The van der Waals surface area contributed by atoms with Crippen LogP contribution in [0.2, 0.25) is 5.02 Å². The highest BCUT2D eigenvalue weighted by atomic mass is 35.5. The van der Waals surface area contributed by atoms with Gasteiger partial charge in [0.1, 0.15) is 5.69 Å². The lowest BCUT2D eigenvalue weighted by molar-refractivity contribution is -0.141. The SMILES string of the molecule is COC(=O)c1nc(C(F)(F)F)cc(C(F)F)c1Cl. The second-order valence-electron chi connectivity index (χ2n) is 3.05. The Kier molecular flexibility index (Phi) is 4.10.